The Morgan fingerprint density at radius 3 is 2.71 bits per heavy atom. The summed E-state index contributed by atoms with van der Waals surface area (Å²) in [5.41, 5.74) is 6.10. The minimum atomic E-state index is -0.535. The second-order valence-corrected chi connectivity index (χ2v) is 6.28. The normalized spacial score (nSPS) is 30.4. The largest absolute Gasteiger partial charge is 0.327 e. The third-order valence-corrected chi connectivity index (χ3v) is 4.93. The summed E-state index contributed by atoms with van der Waals surface area (Å²) in [5.74, 6) is 0.200. The first-order chi connectivity index (χ1) is 9.97. The maximum Gasteiger partial charge on any atom is 0.292 e. The molecule has 0 aromatic heterocycles. The molecular weight excluding hydrogens is 294 g/mol. The maximum atomic E-state index is 12.4. The summed E-state index contributed by atoms with van der Waals surface area (Å²) < 4.78 is 0. The molecule has 0 heterocycles. The van der Waals surface area contributed by atoms with Crippen LogP contribution in [0.25, 0.3) is 0 Å². The number of amides is 1. The molecule has 4 atom stereocenters. The fraction of sp³-hybridized carbons (Fsp3) is 0.500. The van der Waals surface area contributed by atoms with Gasteiger partial charge in [-0.1, -0.05) is 11.6 Å². The molecule has 1 aromatic carbocycles. The van der Waals surface area contributed by atoms with Gasteiger partial charge in [0.05, 0.1) is 10.8 Å². The molecule has 2 aliphatic carbocycles. The summed E-state index contributed by atoms with van der Waals surface area (Å²) in [4.78, 5) is 22.9. The van der Waals surface area contributed by atoms with Gasteiger partial charge in [0.15, 0.2) is 0 Å². The van der Waals surface area contributed by atoms with E-state index in [0.717, 1.165) is 19.3 Å². The standard InChI is InChI=1S/C14H16ClN3O3/c15-9-3-4-11(18(20)21)10(6-9)17-14(19)12-7-1-2-8(5-7)13(12)16/h3-4,6-8,12-13H,1-2,5,16H2,(H,17,19). The second kappa shape index (κ2) is 5.27. The van der Waals surface area contributed by atoms with Crippen LogP contribution >= 0.6 is 11.6 Å². The second-order valence-electron chi connectivity index (χ2n) is 5.84. The van der Waals surface area contributed by atoms with Crippen LogP contribution in [-0.4, -0.2) is 16.9 Å². The highest BCUT2D eigenvalue weighted by Gasteiger charge is 2.49. The number of fused-ring (bicyclic) bond motifs is 2. The van der Waals surface area contributed by atoms with E-state index in [1.165, 1.54) is 18.2 Å². The molecule has 4 unspecified atom stereocenters. The van der Waals surface area contributed by atoms with E-state index in [1.807, 2.05) is 0 Å². The van der Waals surface area contributed by atoms with Crippen molar-refractivity contribution in [1.29, 1.82) is 0 Å². The molecular formula is C14H16ClN3O3. The van der Waals surface area contributed by atoms with Gasteiger partial charge in [-0.25, -0.2) is 0 Å². The fourth-order valence-electron chi connectivity index (χ4n) is 3.71. The number of hydrogen-bond donors (Lipinski definition) is 2. The molecule has 2 bridgehead atoms. The van der Waals surface area contributed by atoms with Crippen molar-refractivity contribution >= 4 is 28.9 Å². The monoisotopic (exact) mass is 309 g/mol. The Kier molecular flexibility index (Phi) is 3.59. The van der Waals surface area contributed by atoms with Crippen molar-refractivity contribution in [2.24, 2.45) is 23.5 Å². The average Bonchev–Trinajstić information content (AvgIpc) is 2.98. The number of carbonyl (C=O) groups is 1. The van der Waals surface area contributed by atoms with Gasteiger partial charge in [0.2, 0.25) is 5.91 Å². The first-order valence-electron chi connectivity index (χ1n) is 6.97. The van der Waals surface area contributed by atoms with Crippen LogP contribution in [0.3, 0.4) is 0 Å². The number of nitrogens with one attached hydrogen (secondary N) is 1. The van der Waals surface area contributed by atoms with Crippen molar-refractivity contribution in [1.82, 2.24) is 0 Å². The van der Waals surface area contributed by atoms with Crippen LogP contribution in [0.4, 0.5) is 11.4 Å². The van der Waals surface area contributed by atoms with Crippen molar-refractivity contribution < 1.29 is 9.72 Å². The van der Waals surface area contributed by atoms with Crippen LogP contribution in [-0.2, 0) is 4.79 Å². The third-order valence-electron chi connectivity index (χ3n) is 4.70. The van der Waals surface area contributed by atoms with Gasteiger partial charge in [-0.3, -0.25) is 14.9 Å². The van der Waals surface area contributed by atoms with Crippen LogP contribution in [0.1, 0.15) is 19.3 Å². The van der Waals surface area contributed by atoms with Crippen molar-refractivity contribution in [2.45, 2.75) is 25.3 Å². The summed E-state index contributed by atoms with van der Waals surface area (Å²) in [6.45, 7) is 0. The Hall–Kier alpha value is -1.66. The zero-order valence-corrected chi connectivity index (χ0v) is 12.0. The van der Waals surface area contributed by atoms with Gasteiger partial charge in [-0.2, -0.15) is 0 Å². The van der Waals surface area contributed by atoms with E-state index in [-0.39, 0.29) is 29.2 Å². The highest BCUT2D eigenvalue weighted by molar-refractivity contribution is 6.31. The highest BCUT2D eigenvalue weighted by atomic mass is 35.5. The quantitative estimate of drug-likeness (QED) is 0.662. The van der Waals surface area contributed by atoms with Gasteiger partial charge in [-0.05, 0) is 43.2 Å². The minimum absolute atomic E-state index is 0.132. The van der Waals surface area contributed by atoms with Crippen LogP contribution in [0.15, 0.2) is 18.2 Å². The van der Waals surface area contributed by atoms with Gasteiger partial charge in [0.25, 0.3) is 5.69 Å². The Balaban J connectivity index is 1.82. The Morgan fingerprint density at radius 1 is 1.38 bits per heavy atom. The van der Waals surface area contributed by atoms with Crippen LogP contribution < -0.4 is 11.1 Å². The minimum Gasteiger partial charge on any atom is -0.327 e. The number of nitro benzene ring substituents is 1. The first kappa shape index (κ1) is 14.3. The van der Waals surface area contributed by atoms with E-state index in [9.17, 15) is 14.9 Å². The van der Waals surface area contributed by atoms with E-state index < -0.39 is 4.92 Å². The highest BCUT2D eigenvalue weighted by Crippen LogP contribution is 2.48. The third kappa shape index (κ3) is 2.49. The van der Waals surface area contributed by atoms with Gasteiger partial charge in [0, 0.05) is 17.1 Å². The van der Waals surface area contributed by atoms with Gasteiger partial charge < -0.3 is 11.1 Å². The van der Waals surface area contributed by atoms with Crippen molar-refractivity contribution in [3.63, 3.8) is 0 Å². The average molecular weight is 310 g/mol. The molecule has 21 heavy (non-hydrogen) atoms. The molecule has 112 valence electrons. The number of hydrogen-bond acceptors (Lipinski definition) is 4. The predicted octanol–water partition coefficient (Wildman–Crippen LogP) is 2.56. The van der Waals surface area contributed by atoms with E-state index in [2.05, 4.69) is 5.32 Å². The lowest BCUT2D eigenvalue weighted by molar-refractivity contribution is -0.383. The Bertz CT molecular complexity index is 605. The number of nitrogens with two attached hydrogens (primary N) is 1. The lowest BCUT2D eigenvalue weighted by Gasteiger charge is -2.26. The zero-order chi connectivity index (χ0) is 15.1. The Morgan fingerprint density at radius 2 is 2.10 bits per heavy atom. The number of anilines is 1. The van der Waals surface area contributed by atoms with E-state index in [1.54, 1.807) is 0 Å². The summed E-state index contributed by atoms with van der Waals surface area (Å²) >= 11 is 5.86. The van der Waals surface area contributed by atoms with Crippen LogP contribution in [0, 0.1) is 27.9 Å². The van der Waals surface area contributed by atoms with Crippen molar-refractivity contribution in [3.05, 3.63) is 33.3 Å². The molecule has 1 aromatic rings. The van der Waals surface area contributed by atoms with Crippen molar-refractivity contribution in [3.8, 4) is 0 Å². The molecule has 0 aliphatic heterocycles. The first-order valence-corrected chi connectivity index (χ1v) is 7.35. The van der Waals surface area contributed by atoms with Crippen molar-refractivity contribution in [2.75, 3.05) is 5.32 Å². The summed E-state index contributed by atoms with van der Waals surface area (Å²) in [7, 11) is 0. The number of nitro groups is 1. The SMILES string of the molecule is NC1C2CCC(C2)C1C(=O)Nc1cc(Cl)ccc1[N+](=O)[O-]. The number of carbonyl (C=O) groups excluding carboxylic acids is 1. The maximum absolute atomic E-state index is 12.4. The van der Waals surface area contributed by atoms with Gasteiger partial charge in [0.1, 0.15) is 5.69 Å². The van der Waals surface area contributed by atoms with E-state index in [0.29, 0.717) is 16.9 Å². The van der Waals surface area contributed by atoms with Gasteiger partial charge >= 0.3 is 0 Å². The van der Waals surface area contributed by atoms with Crippen LogP contribution in [0.5, 0.6) is 0 Å². The summed E-state index contributed by atoms with van der Waals surface area (Å²) in [6.07, 6.45) is 3.07. The lowest BCUT2D eigenvalue weighted by Crippen LogP contribution is -2.42. The molecule has 3 N–H and O–H groups in total. The molecule has 2 aliphatic rings. The van der Waals surface area contributed by atoms with Gasteiger partial charge in [-0.15, -0.1) is 0 Å². The lowest BCUT2D eigenvalue weighted by atomic mass is 9.84. The molecule has 0 saturated heterocycles. The molecule has 0 spiro atoms. The number of rotatable bonds is 3. The summed E-state index contributed by atoms with van der Waals surface area (Å²) in [5, 5.41) is 14.0. The smallest absolute Gasteiger partial charge is 0.292 e. The molecule has 1 amide bonds. The number of halogens is 1. The number of nitrogens with zero attached hydrogens (tertiary/aromatic N) is 1. The molecule has 2 saturated carbocycles. The molecule has 0 radical (unpaired) electrons. The van der Waals surface area contributed by atoms with E-state index >= 15 is 0 Å². The molecule has 7 heteroatoms. The molecule has 2 fully saturated rings. The van der Waals surface area contributed by atoms with E-state index in [4.69, 9.17) is 17.3 Å². The molecule has 6 nitrogen and oxygen atoms in total. The topological polar surface area (TPSA) is 98.3 Å². The predicted molar refractivity (Wildman–Crippen MR) is 79.0 cm³/mol. The summed E-state index contributed by atoms with van der Waals surface area (Å²) in [6, 6.07) is 3.97. The fourth-order valence-corrected chi connectivity index (χ4v) is 3.88. The zero-order valence-electron chi connectivity index (χ0n) is 11.3. The Labute approximate surface area is 126 Å². The number of benzene rings is 1. The molecule has 3 rings (SSSR count). The van der Waals surface area contributed by atoms with Crippen LogP contribution in [0.2, 0.25) is 5.02 Å².